The smallest absolute Gasteiger partial charge is 0.0605 e. The molecule has 0 spiro atoms. The molecule has 2 nitrogen and oxygen atoms in total. The Balaban J connectivity index is 1.97. The lowest BCUT2D eigenvalue weighted by Crippen LogP contribution is -2.51. The maximum Gasteiger partial charge on any atom is 0.0605 e. The minimum atomic E-state index is 0.178. The molecule has 1 aliphatic heterocycles. The molecular formula is C15H22N2. The SMILES string of the molecule is CC1(C)CN(C2CCCC2)c2ccccc2N1. The summed E-state index contributed by atoms with van der Waals surface area (Å²) in [6, 6.07) is 9.51. The van der Waals surface area contributed by atoms with Crippen LogP contribution < -0.4 is 10.2 Å². The second-order valence-electron chi connectivity index (χ2n) is 6.09. The van der Waals surface area contributed by atoms with Crippen molar-refractivity contribution >= 4 is 11.4 Å². The summed E-state index contributed by atoms with van der Waals surface area (Å²) in [7, 11) is 0. The van der Waals surface area contributed by atoms with Gasteiger partial charge >= 0.3 is 0 Å². The first-order chi connectivity index (χ1) is 8.16. The van der Waals surface area contributed by atoms with Gasteiger partial charge in [-0.05, 0) is 38.8 Å². The van der Waals surface area contributed by atoms with E-state index in [1.54, 1.807) is 0 Å². The van der Waals surface area contributed by atoms with E-state index in [-0.39, 0.29) is 5.54 Å². The Morgan fingerprint density at radius 3 is 2.65 bits per heavy atom. The highest BCUT2D eigenvalue weighted by molar-refractivity contribution is 5.73. The largest absolute Gasteiger partial charge is 0.377 e. The number of hydrogen-bond donors (Lipinski definition) is 1. The minimum absolute atomic E-state index is 0.178. The Morgan fingerprint density at radius 1 is 1.18 bits per heavy atom. The molecule has 0 unspecified atom stereocenters. The van der Waals surface area contributed by atoms with Crippen LogP contribution in [0.4, 0.5) is 11.4 Å². The molecule has 0 amide bonds. The monoisotopic (exact) mass is 230 g/mol. The third-order valence-corrected chi connectivity index (χ3v) is 4.02. The minimum Gasteiger partial charge on any atom is -0.377 e. The van der Waals surface area contributed by atoms with Crippen LogP contribution in [0.1, 0.15) is 39.5 Å². The number of nitrogens with zero attached hydrogens (tertiary/aromatic N) is 1. The summed E-state index contributed by atoms with van der Waals surface area (Å²) in [5, 5.41) is 3.65. The zero-order valence-electron chi connectivity index (χ0n) is 10.9. The van der Waals surface area contributed by atoms with Crippen LogP contribution in [0.5, 0.6) is 0 Å². The van der Waals surface area contributed by atoms with E-state index in [0.717, 1.165) is 12.6 Å². The van der Waals surface area contributed by atoms with Crippen LogP contribution in [-0.2, 0) is 0 Å². The third-order valence-electron chi connectivity index (χ3n) is 4.02. The molecule has 17 heavy (non-hydrogen) atoms. The Bertz CT molecular complexity index is 405. The van der Waals surface area contributed by atoms with Crippen molar-refractivity contribution in [3.05, 3.63) is 24.3 Å². The number of para-hydroxylation sites is 2. The summed E-state index contributed by atoms with van der Waals surface area (Å²) in [4.78, 5) is 2.64. The van der Waals surface area contributed by atoms with Gasteiger partial charge in [0.25, 0.3) is 0 Å². The van der Waals surface area contributed by atoms with Crippen LogP contribution in [0, 0.1) is 0 Å². The van der Waals surface area contributed by atoms with Crippen LogP contribution >= 0.6 is 0 Å². The van der Waals surface area contributed by atoms with Gasteiger partial charge in [0.05, 0.1) is 11.4 Å². The van der Waals surface area contributed by atoms with E-state index in [9.17, 15) is 0 Å². The van der Waals surface area contributed by atoms with Gasteiger partial charge in [0.2, 0.25) is 0 Å². The molecule has 0 saturated heterocycles. The molecule has 0 radical (unpaired) electrons. The van der Waals surface area contributed by atoms with Gasteiger partial charge in [-0.15, -0.1) is 0 Å². The number of nitrogens with one attached hydrogen (secondary N) is 1. The van der Waals surface area contributed by atoms with Crippen LogP contribution in [0.25, 0.3) is 0 Å². The van der Waals surface area contributed by atoms with Gasteiger partial charge in [-0.2, -0.15) is 0 Å². The summed E-state index contributed by atoms with van der Waals surface area (Å²) in [5.41, 5.74) is 2.88. The molecular weight excluding hydrogens is 208 g/mol. The average Bonchev–Trinajstić information content (AvgIpc) is 2.80. The standard InChI is InChI=1S/C15H22N2/c1-15(2)11-17(12-7-3-4-8-12)14-10-6-5-9-13(14)16-15/h5-6,9-10,12,16H,3-4,7-8,11H2,1-2H3. The summed E-state index contributed by atoms with van der Waals surface area (Å²) < 4.78 is 0. The first-order valence-corrected chi connectivity index (χ1v) is 6.80. The molecule has 2 aliphatic rings. The van der Waals surface area contributed by atoms with E-state index in [0.29, 0.717) is 0 Å². The molecule has 1 aromatic rings. The van der Waals surface area contributed by atoms with Gasteiger partial charge in [0.1, 0.15) is 0 Å². The summed E-state index contributed by atoms with van der Waals surface area (Å²) in [5.74, 6) is 0. The van der Waals surface area contributed by atoms with E-state index in [1.165, 1.54) is 37.1 Å². The molecule has 1 fully saturated rings. The van der Waals surface area contributed by atoms with Crippen LogP contribution in [0.3, 0.4) is 0 Å². The van der Waals surface area contributed by atoms with Crippen LogP contribution in [0.2, 0.25) is 0 Å². The topological polar surface area (TPSA) is 15.3 Å². The second-order valence-corrected chi connectivity index (χ2v) is 6.09. The van der Waals surface area contributed by atoms with Crippen molar-refractivity contribution in [1.82, 2.24) is 0 Å². The molecule has 1 N–H and O–H groups in total. The molecule has 0 aromatic heterocycles. The van der Waals surface area contributed by atoms with E-state index in [2.05, 4.69) is 48.3 Å². The molecule has 0 bridgehead atoms. The Morgan fingerprint density at radius 2 is 1.88 bits per heavy atom. The van der Waals surface area contributed by atoms with Gasteiger partial charge in [-0.3, -0.25) is 0 Å². The average molecular weight is 230 g/mol. The molecule has 0 atom stereocenters. The first-order valence-electron chi connectivity index (χ1n) is 6.80. The highest BCUT2D eigenvalue weighted by atomic mass is 15.2. The van der Waals surface area contributed by atoms with Crippen molar-refractivity contribution in [3.8, 4) is 0 Å². The van der Waals surface area contributed by atoms with Gasteiger partial charge < -0.3 is 10.2 Å². The van der Waals surface area contributed by atoms with Crippen LogP contribution in [-0.4, -0.2) is 18.1 Å². The first kappa shape index (κ1) is 10.9. The van der Waals surface area contributed by atoms with E-state index < -0.39 is 0 Å². The van der Waals surface area contributed by atoms with Gasteiger partial charge in [0, 0.05) is 18.1 Å². The Hall–Kier alpha value is -1.18. The number of fused-ring (bicyclic) bond motifs is 1. The van der Waals surface area contributed by atoms with Crippen molar-refractivity contribution < 1.29 is 0 Å². The normalized spacial score (nSPS) is 23.3. The van der Waals surface area contributed by atoms with Crippen molar-refractivity contribution in [2.45, 2.75) is 51.1 Å². The predicted molar refractivity (Wildman–Crippen MR) is 73.7 cm³/mol. The maximum atomic E-state index is 3.65. The molecule has 2 heteroatoms. The highest BCUT2D eigenvalue weighted by Gasteiger charge is 2.33. The molecule has 1 aromatic carbocycles. The molecule has 92 valence electrons. The van der Waals surface area contributed by atoms with Crippen molar-refractivity contribution in [1.29, 1.82) is 0 Å². The molecule has 3 rings (SSSR count). The fraction of sp³-hybridized carbons (Fsp3) is 0.600. The molecule has 1 heterocycles. The highest BCUT2D eigenvalue weighted by Crippen LogP contribution is 2.38. The number of anilines is 2. The lowest BCUT2D eigenvalue weighted by molar-refractivity contribution is 0.485. The summed E-state index contributed by atoms with van der Waals surface area (Å²) in [6.07, 6.45) is 5.53. The fourth-order valence-corrected chi connectivity index (χ4v) is 3.29. The molecule has 1 aliphatic carbocycles. The Kier molecular flexibility index (Phi) is 2.53. The van der Waals surface area contributed by atoms with Crippen molar-refractivity contribution in [3.63, 3.8) is 0 Å². The third kappa shape index (κ3) is 2.01. The number of hydrogen-bond acceptors (Lipinski definition) is 2. The van der Waals surface area contributed by atoms with E-state index in [4.69, 9.17) is 0 Å². The van der Waals surface area contributed by atoms with E-state index >= 15 is 0 Å². The lowest BCUT2D eigenvalue weighted by atomic mass is 9.97. The summed E-state index contributed by atoms with van der Waals surface area (Å²) in [6.45, 7) is 5.71. The van der Waals surface area contributed by atoms with Gasteiger partial charge in [-0.25, -0.2) is 0 Å². The zero-order valence-corrected chi connectivity index (χ0v) is 10.9. The quantitative estimate of drug-likeness (QED) is 0.792. The second kappa shape index (κ2) is 3.94. The molecule has 1 saturated carbocycles. The van der Waals surface area contributed by atoms with Gasteiger partial charge in [0.15, 0.2) is 0 Å². The van der Waals surface area contributed by atoms with E-state index in [1.807, 2.05) is 0 Å². The number of rotatable bonds is 1. The van der Waals surface area contributed by atoms with Crippen LogP contribution in [0.15, 0.2) is 24.3 Å². The lowest BCUT2D eigenvalue weighted by Gasteiger charge is -2.45. The predicted octanol–water partition coefficient (Wildman–Crippen LogP) is 3.64. The fourth-order valence-electron chi connectivity index (χ4n) is 3.29. The van der Waals surface area contributed by atoms with Crippen molar-refractivity contribution in [2.24, 2.45) is 0 Å². The Labute approximate surface area is 104 Å². The van der Waals surface area contributed by atoms with Crippen molar-refractivity contribution in [2.75, 3.05) is 16.8 Å². The zero-order chi connectivity index (χ0) is 11.9. The van der Waals surface area contributed by atoms with Gasteiger partial charge in [-0.1, -0.05) is 25.0 Å². The maximum absolute atomic E-state index is 3.65. The number of benzene rings is 1. The summed E-state index contributed by atoms with van der Waals surface area (Å²) >= 11 is 0.